The Hall–Kier alpha value is -0.0304. The molecule has 1 unspecified atom stereocenters. The summed E-state index contributed by atoms with van der Waals surface area (Å²) in [6, 6.07) is 11.0. The van der Waals surface area contributed by atoms with Crippen molar-refractivity contribution in [3.63, 3.8) is 0 Å². The van der Waals surface area contributed by atoms with Gasteiger partial charge in [-0.2, -0.15) is 0 Å². The second-order valence-electron chi connectivity index (χ2n) is 2.60. The number of nitrogens with two attached hydrogens (primary N) is 1. The molecule has 2 N–H and O–H groups in total. The molecule has 0 fully saturated rings. The molecule has 0 aliphatic rings. The van der Waals surface area contributed by atoms with Crippen LogP contribution >= 0.6 is 0 Å². The summed E-state index contributed by atoms with van der Waals surface area (Å²) in [5.74, 6) is 0. The first kappa shape index (κ1) is 9.06. The van der Waals surface area contributed by atoms with Crippen LogP contribution in [-0.2, 0) is 0 Å². The van der Waals surface area contributed by atoms with Crippen LogP contribution in [-0.4, -0.2) is 27.0 Å². The fourth-order valence-corrected chi connectivity index (χ4v) is 3.04. The molecule has 1 aromatic rings. The van der Waals surface area contributed by atoms with Crippen LogP contribution in [0.15, 0.2) is 30.3 Å². The van der Waals surface area contributed by atoms with E-state index in [1.165, 1.54) is 8.08 Å². The molecule has 0 saturated carbocycles. The van der Waals surface area contributed by atoms with Gasteiger partial charge in [-0.05, 0) is 0 Å². The number of hydrogen-bond acceptors (Lipinski definition) is 1. The van der Waals surface area contributed by atoms with Crippen LogP contribution in [0.3, 0.4) is 0 Å². The third kappa shape index (κ3) is 3.76. The summed E-state index contributed by atoms with van der Waals surface area (Å²) in [6.07, 6.45) is 0. The van der Waals surface area contributed by atoms with Crippen LogP contribution in [0.5, 0.6) is 0 Å². The van der Waals surface area contributed by atoms with Gasteiger partial charge in [-0.3, -0.25) is 0 Å². The molecule has 1 nitrogen and oxygen atoms in total. The van der Waals surface area contributed by atoms with Crippen LogP contribution in [0.25, 0.3) is 0 Å². The molecule has 1 atom stereocenters. The van der Waals surface area contributed by atoms with Gasteiger partial charge in [0.15, 0.2) is 0 Å². The Labute approximate surface area is 78.1 Å². The second kappa shape index (κ2) is 4.77. The first-order valence-corrected chi connectivity index (χ1v) is 6.54. The molecule has 0 amide bonds. The van der Waals surface area contributed by atoms with E-state index in [1.807, 2.05) is 0 Å². The third-order valence-electron chi connectivity index (χ3n) is 1.26. The molecule has 1 aromatic carbocycles. The second-order valence-corrected chi connectivity index (χ2v) is 5.72. The Balaban J connectivity index is 2.39. The van der Waals surface area contributed by atoms with Crippen molar-refractivity contribution in [2.45, 2.75) is 17.4 Å². The Kier molecular flexibility index (Phi) is 3.93. The molecule has 1 rings (SSSR count). The standard InChI is InChI=1S/C9H13NTe/c1-8(10)7-11-9-5-3-2-4-6-9/h2-6,8H,7,10H2,1H3. The van der Waals surface area contributed by atoms with Crippen LogP contribution in [0.4, 0.5) is 0 Å². The van der Waals surface area contributed by atoms with Crippen molar-refractivity contribution in [1.29, 1.82) is 0 Å². The Bertz CT molecular complexity index is 196. The fraction of sp³-hybridized carbons (Fsp3) is 0.333. The quantitative estimate of drug-likeness (QED) is 0.801. The van der Waals surface area contributed by atoms with E-state index in [4.69, 9.17) is 5.73 Å². The molecule has 0 heterocycles. The van der Waals surface area contributed by atoms with Gasteiger partial charge in [0.1, 0.15) is 0 Å². The molecule has 0 radical (unpaired) electrons. The van der Waals surface area contributed by atoms with Gasteiger partial charge in [0.25, 0.3) is 0 Å². The van der Waals surface area contributed by atoms with Gasteiger partial charge in [-0.25, -0.2) is 0 Å². The van der Waals surface area contributed by atoms with E-state index in [0.29, 0.717) is 6.04 Å². The molecule has 0 bridgehead atoms. The van der Waals surface area contributed by atoms with Crippen molar-refractivity contribution in [3.8, 4) is 0 Å². The molecular formula is C9H13NTe. The molecule has 0 aliphatic heterocycles. The maximum atomic E-state index is 5.67. The van der Waals surface area contributed by atoms with E-state index in [-0.39, 0.29) is 20.9 Å². The summed E-state index contributed by atoms with van der Waals surface area (Å²) >= 11 is -0.00839. The summed E-state index contributed by atoms with van der Waals surface area (Å²) in [7, 11) is 0. The van der Waals surface area contributed by atoms with E-state index >= 15 is 0 Å². The summed E-state index contributed by atoms with van der Waals surface area (Å²) in [5, 5.41) is 0. The Morgan fingerprint density at radius 2 is 2.00 bits per heavy atom. The summed E-state index contributed by atoms with van der Waals surface area (Å²) < 4.78 is 2.71. The summed E-state index contributed by atoms with van der Waals surface area (Å²) in [6.45, 7) is 2.08. The van der Waals surface area contributed by atoms with Crippen LogP contribution in [0, 0.1) is 0 Å². The predicted molar refractivity (Wildman–Crippen MR) is 50.3 cm³/mol. The van der Waals surface area contributed by atoms with E-state index in [2.05, 4.69) is 37.3 Å². The van der Waals surface area contributed by atoms with E-state index in [1.54, 1.807) is 0 Å². The van der Waals surface area contributed by atoms with Gasteiger partial charge in [0.05, 0.1) is 0 Å². The number of hydrogen-bond donors (Lipinski definition) is 1. The van der Waals surface area contributed by atoms with Crippen molar-refractivity contribution in [2.24, 2.45) is 5.73 Å². The molecule has 2 heteroatoms. The van der Waals surface area contributed by atoms with E-state index in [0.717, 1.165) is 0 Å². The fourth-order valence-electron chi connectivity index (χ4n) is 0.744. The first-order chi connectivity index (χ1) is 5.29. The minimum absolute atomic E-state index is 0.00839. The van der Waals surface area contributed by atoms with Crippen molar-refractivity contribution in [3.05, 3.63) is 30.3 Å². The monoisotopic (exact) mass is 265 g/mol. The predicted octanol–water partition coefficient (Wildman–Crippen LogP) is 0.782. The zero-order valence-corrected chi connectivity index (χ0v) is 8.99. The van der Waals surface area contributed by atoms with Crippen molar-refractivity contribution in [2.75, 3.05) is 0 Å². The molecule has 60 valence electrons. The molecule has 0 aromatic heterocycles. The zero-order valence-electron chi connectivity index (χ0n) is 6.66. The average Bonchev–Trinajstić information content (AvgIpc) is 2.03. The average molecular weight is 263 g/mol. The summed E-state index contributed by atoms with van der Waals surface area (Å²) in [4.78, 5) is 0. The summed E-state index contributed by atoms with van der Waals surface area (Å²) in [5.41, 5.74) is 5.67. The zero-order chi connectivity index (χ0) is 8.10. The molecule has 0 aliphatic carbocycles. The van der Waals surface area contributed by atoms with Gasteiger partial charge in [0.2, 0.25) is 0 Å². The Morgan fingerprint density at radius 1 is 1.36 bits per heavy atom. The van der Waals surface area contributed by atoms with Crippen LogP contribution in [0.1, 0.15) is 6.92 Å². The minimum atomic E-state index is -0.00839. The first-order valence-electron chi connectivity index (χ1n) is 3.72. The van der Waals surface area contributed by atoms with Crippen molar-refractivity contribution < 1.29 is 0 Å². The number of rotatable bonds is 3. The van der Waals surface area contributed by atoms with E-state index < -0.39 is 0 Å². The van der Waals surface area contributed by atoms with Gasteiger partial charge < -0.3 is 0 Å². The maximum absolute atomic E-state index is 5.67. The SMILES string of the molecule is CC(N)C[Te]c1ccccc1. The van der Waals surface area contributed by atoms with Crippen LogP contribution < -0.4 is 9.35 Å². The third-order valence-corrected chi connectivity index (χ3v) is 4.96. The van der Waals surface area contributed by atoms with Crippen molar-refractivity contribution >= 4 is 24.5 Å². The van der Waals surface area contributed by atoms with Gasteiger partial charge in [-0.15, -0.1) is 0 Å². The molecule has 11 heavy (non-hydrogen) atoms. The number of benzene rings is 1. The van der Waals surface area contributed by atoms with Gasteiger partial charge in [-0.1, -0.05) is 0 Å². The Morgan fingerprint density at radius 3 is 2.55 bits per heavy atom. The molecule has 0 saturated heterocycles. The van der Waals surface area contributed by atoms with Gasteiger partial charge >= 0.3 is 78.0 Å². The molecular weight excluding hydrogens is 250 g/mol. The van der Waals surface area contributed by atoms with Crippen molar-refractivity contribution in [1.82, 2.24) is 0 Å². The molecule has 0 spiro atoms. The van der Waals surface area contributed by atoms with Crippen LogP contribution in [0.2, 0.25) is 4.47 Å². The topological polar surface area (TPSA) is 26.0 Å². The van der Waals surface area contributed by atoms with E-state index in [9.17, 15) is 0 Å². The normalized spacial score (nSPS) is 12.9. The van der Waals surface area contributed by atoms with Gasteiger partial charge in [0, 0.05) is 0 Å².